The Kier molecular flexibility index (Phi) is 27.2. The molecule has 6 N–H and O–H groups in total. The van der Waals surface area contributed by atoms with Crippen molar-refractivity contribution < 1.29 is 76.6 Å². The van der Waals surface area contributed by atoms with Crippen LogP contribution >= 0.6 is 35.4 Å². The van der Waals surface area contributed by atoms with Gasteiger partial charge in [0, 0.05) is 71.8 Å². The fourth-order valence-electron chi connectivity index (χ4n) is 10.6. The van der Waals surface area contributed by atoms with Gasteiger partial charge >= 0.3 is 18.0 Å². The Hall–Kier alpha value is -6.05. The number of rotatable bonds is 27. The number of ketones is 2. The van der Waals surface area contributed by atoms with Crippen molar-refractivity contribution in [3.05, 3.63) is 80.9 Å². The van der Waals surface area contributed by atoms with Gasteiger partial charge in [-0.15, -0.1) is 0 Å². The molecule has 5 rings (SSSR count). The van der Waals surface area contributed by atoms with Crippen LogP contribution in [0.15, 0.2) is 54.1 Å². The number of likely N-dealkylation sites (N-methyl/N-ethyl adjacent to an activating group) is 1. The highest BCUT2D eigenvalue weighted by atomic mass is 35.5. The minimum absolute atomic E-state index is 0.00742. The van der Waals surface area contributed by atoms with Crippen molar-refractivity contribution in [2.24, 2.45) is 23.5 Å². The zero-order valence-electron chi connectivity index (χ0n) is 51.6. The Bertz CT molecular complexity index is 2890. The number of ether oxygens (including phenoxy) is 7. The molecule has 87 heavy (non-hydrogen) atoms. The van der Waals surface area contributed by atoms with Crippen LogP contribution in [0.25, 0.3) is 0 Å². The smallest absolute Gasteiger partial charge is 0.328 e. The fraction of sp³-hybridized carbons (Fsp3) is 0.597. The van der Waals surface area contributed by atoms with Crippen LogP contribution in [-0.2, 0) is 70.0 Å². The van der Waals surface area contributed by atoms with E-state index < -0.39 is 102 Å². The molecule has 2 saturated heterocycles. The van der Waals surface area contributed by atoms with Crippen LogP contribution in [0.1, 0.15) is 115 Å². The number of nitrogens with one attached hydrogen (secondary N) is 3. The van der Waals surface area contributed by atoms with E-state index in [2.05, 4.69) is 16.0 Å². The number of thiocarbonyl (C=S) groups is 1. The number of aliphatic hydroxyl groups is 1. The number of urea groups is 1. The van der Waals surface area contributed by atoms with Crippen molar-refractivity contribution in [2.45, 2.75) is 154 Å². The number of nitrogens with zero attached hydrogens (tertiary/aromatic N) is 2. The molecule has 2 aromatic carbocycles. The average molecular weight is 1270 g/mol. The normalized spacial score (nSPS) is 24.2. The van der Waals surface area contributed by atoms with Crippen molar-refractivity contribution >= 4 is 93.4 Å². The number of amides is 5. The summed E-state index contributed by atoms with van der Waals surface area (Å²) in [7, 11) is 5.82. The maximum absolute atomic E-state index is 14.5. The van der Waals surface area contributed by atoms with Gasteiger partial charge in [0.2, 0.25) is 11.8 Å². The second-order valence-electron chi connectivity index (χ2n) is 23.2. The number of benzene rings is 2. The molecular weight excluding hydrogens is 1190 g/mol. The minimum atomic E-state index is -1.66. The van der Waals surface area contributed by atoms with Gasteiger partial charge in [-0.2, -0.15) is 0 Å². The van der Waals surface area contributed by atoms with E-state index in [9.17, 15) is 43.5 Å². The first-order valence-corrected chi connectivity index (χ1v) is 30.3. The number of hydrogen-bond acceptors (Lipinski definition) is 17. The first-order chi connectivity index (χ1) is 41.0. The number of carbonyl (C=O) groups excluding carboxylic acids is 8. The SMILES string of the molecule is COc1cc2cc(c1Cl)N(C)C(=O)C[C@H](OC(=O)[C@H](C)N(C)C(=O)c1ccc(CC(=O)[C@H](CCCNC(N)=O)NC(=O)[C@@H](CC(=S)NCCOCCOCCC(C)=O)C(C)C)cc1Cl)[C@]1(C)O[C@H]1[C@H](C)[C@@H]1C[C@@](O)(CC(=O)O1)[C@H](OC)/C=C/C=C(\C)C2. The summed E-state index contributed by atoms with van der Waals surface area (Å²) in [4.78, 5) is 110. The molecule has 25 heteroatoms. The Balaban J connectivity index is 1.31. The van der Waals surface area contributed by atoms with E-state index in [1.165, 1.54) is 65.3 Å². The highest BCUT2D eigenvalue weighted by Crippen LogP contribution is 2.50. The van der Waals surface area contributed by atoms with Gasteiger partial charge in [0.25, 0.3) is 5.91 Å². The van der Waals surface area contributed by atoms with E-state index in [0.717, 1.165) is 16.0 Å². The summed E-state index contributed by atoms with van der Waals surface area (Å²) in [5.74, 6) is -4.55. The number of fused-ring (bicyclic) bond motifs is 5. The lowest BCUT2D eigenvalue weighted by Crippen LogP contribution is -2.53. The van der Waals surface area contributed by atoms with Gasteiger partial charge in [-0.05, 0) is 88.3 Å². The topological polar surface area (TPSA) is 293 Å². The number of halogens is 2. The van der Waals surface area contributed by atoms with Crippen molar-refractivity contribution in [1.29, 1.82) is 0 Å². The molecule has 0 unspecified atom stereocenters. The first-order valence-electron chi connectivity index (χ1n) is 29.2. The summed E-state index contributed by atoms with van der Waals surface area (Å²) >= 11 is 19.2. The number of hydrogen-bond donors (Lipinski definition) is 5. The number of anilines is 1. The molecule has 10 atom stereocenters. The first kappa shape index (κ1) is 71.7. The molecule has 2 fully saturated rings. The number of methoxy groups -OCH3 is 2. The minimum Gasteiger partial charge on any atom is -0.495 e. The monoisotopic (exact) mass is 1270 g/mol. The van der Waals surface area contributed by atoms with E-state index in [0.29, 0.717) is 74.2 Å². The van der Waals surface area contributed by atoms with E-state index in [4.69, 9.17) is 74.3 Å². The highest BCUT2D eigenvalue weighted by molar-refractivity contribution is 7.80. The van der Waals surface area contributed by atoms with Crippen molar-refractivity contribution in [2.75, 3.05) is 72.7 Å². The second kappa shape index (κ2) is 33.0. The van der Waals surface area contributed by atoms with Gasteiger partial charge in [0.1, 0.15) is 52.1 Å². The number of primary amides is 1. The molecule has 0 spiro atoms. The fourth-order valence-corrected chi connectivity index (χ4v) is 11.5. The third kappa shape index (κ3) is 20.2. The van der Waals surface area contributed by atoms with Crippen LogP contribution in [0.4, 0.5) is 10.5 Å². The van der Waals surface area contributed by atoms with Gasteiger partial charge < -0.3 is 69.7 Å². The zero-order chi connectivity index (χ0) is 64.5. The number of allylic oxidation sites excluding steroid dienone is 3. The van der Waals surface area contributed by atoms with Gasteiger partial charge in [-0.3, -0.25) is 28.8 Å². The Morgan fingerprint density at radius 3 is 2.34 bits per heavy atom. The van der Waals surface area contributed by atoms with Crippen LogP contribution in [0.5, 0.6) is 5.75 Å². The van der Waals surface area contributed by atoms with E-state index in [1.54, 1.807) is 38.1 Å². The average Bonchev–Trinajstić information content (AvgIpc) is 1.67. The molecule has 4 bridgehead atoms. The number of Topliss-reactive ketones (excluding diaryl/α,β-unsaturated/α-hetero) is 2. The highest BCUT2D eigenvalue weighted by Gasteiger charge is 2.64. The Labute approximate surface area is 525 Å². The summed E-state index contributed by atoms with van der Waals surface area (Å²) in [6, 6.07) is 4.92. The molecule has 3 heterocycles. The molecule has 3 aliphatic rings. The van der Waals surface area contributed by atoms with Crippen LogP contribution in [0.3, 0.4) is 0 Å². The van der Waals surface area contributed by atoms with Crippen LogP contribution < -0.4 is 31.3 Å². The van der Waals surface area contributed by atoms with Gasteiger partial charge in [0.15, 0.2) is 5.78 Å². The third-order valence-electron chi connectivity index (χ3n) is 16.1. The van der Waals surface area contributed by atoms with E-state index in [1.807, 2.05) is 26.8 Å². The van der Waals surface area contributed by atoms with Crippen LogP contribution in [0, 0.1) is 17.8 Å². The summed E-state index contributed by atoms with van der Waals surface area (Å²) in [6.07, 6.45) is 1.85. The summed E-state index contributed by atoms with van der Waals surface area (Å²) in [5.41, 5.74) is 4.65. The Morgan fingerprint density at radius 1 is 1.00 bits per heavy atom. The molecule has 3 aliphatic heterocycles. The molecular formula is C62H86Cl2N6O16S. The number of nitrogens with two attached hydrogens (primary N) is 1. The quantitative estimate of drug-likeness (QED) is 0.0281. The van der Waals surface area contributed by atoms with Gasteiger partial charge in [0.05, 0.1) is 79.8 Å². The number of carbonyl (C=O) groups is 8. The molecule has 0 aromatic heterocycles. The predicted octanol–water partition coefficient (Wildman–Crippen LogP) is 6.37. The lowest BCUT2D eigenvalue weighted by molar-refractivity contribution is -0.187. The summed E-state index contributed by atoms with van der Waals surface area (Å²) < 4.78 is 40.8. The lowest BCUT2D eigenvalue weighted by atomic mass is 9.78. The maximum atomic E-state index is 14.5. The molecule has 5 amide bonds. The maximum Gasteiger partial charge on any atom is 0.328 e. The second-order valence-corrected chi connectivity index (χ2v) is 24.4. The van der Waals surface area contributed by atoms with Crippen LogP contribution in [0.2, 0.25) is 10.0 Å². The van der Waals surface area contributed by atoms with Gasteiger partial charge in [-0.25, -0.2) is 9.59 Å². The number of epoxide rings is 1. The third-order valence-corrected chi connectivity index (χ3v) is 17.1. The lowest BCUT2D eigenvalue weighted by Gasteiger charge is -2.41. The van der Waals surface area contributed by atoms with E-state index in [-0.39, 0.29) is 71.7 Å². The molecule has 22 nitrogen and oxygen atoms in total. The Morgan fingerprint density at radius 2 is 1.70 bits per heavy atom. The standard InChI is InChI=1S/C62H86Cl2N6O16S/c1-35(2)43(31-52(87)66-21-23-83-25-24-82-22-19-37(4)71)57(75)68-45(15-13-20-67-60(65)78)47(72)29-40-17-18-42(44(63)27-40)58(76)69(8)39(6)59(77)85-51-32-53(73)70(9)46-28-41(30-48(80-10)55(46)64)26-36(3)14-12-16-50(81-11)62(79)33-49(84-54(74)34-62)38(5)56-61(51,7)86-56/h12,14,16-18,27-28,30,35,38-39,43,45,49-51,56,79H,13,15,19-26,29,31-34H2,1-11H3,(H,66,87)(H,68,75)(H3,65,67,78)/b16-12+,36-14+/t38-,39+,43+,45+,49+,50-,51+,56+,61+,62-/m1/s1. The van der Waals surface area contributed by atoms with Crippen LogP contribution in [-0.4, -0.2) is 178 Å². The zero-order valence-corrected chi connectivity index (χ0v) is 54.0. The predicted molar refractivity (Wildman–Crippen MR) is 331 cm³/mol. The van der Waals surface area contributed by atoms with Crippen molar-refractivity contribution in [3.63, 3.8) is 0 Å². The molecule has 0 aliphatic carbocycles. The summed E-state index contributed by atoms with van der Waals surface area (Å²) in [6.45, 7) is 13.9. The van der Waals surface area contributed by atoms with E-state index >= 15 is 0 Å². The summed E-state index contributed by atoms with van der Waals surface area (Å²) in [5, 5.41) is 20.7. The molecule has 0 saturated carbocycles. The molecule has 480 valence electrons. The molecule has 2 aromatic rings. The molecule has 0 radical (unpaired) electrons. The van der Waals surface area contributed by atoms with Crippen molar-refractivity contribution in [1.82, 2.24) is 20.9 Å². The van der Waals surface area contributed by atoms with Crippen molar-refractivity contribution in [3.8, 4) is 5.75 Å². The van der Waals surface area contributed by atoms with Gasteiger partial charge in [-0.1, -0.05) is 86.1 Å². The number of esters is 2. The largest absolute Gasteiger partial charge is 0.495 e.